The van der Waals surface area contributed by atoms with Crippen LogP contribution in [0.2, 0.25) is 0 Å². The van der Waals surface area contributed by atoms with Crippen molar-refractivity contribution in [3.8, 4) is 23.0 Å². The molecule has 0 aliphatic heterocycles. The van der Waals surface area contributed by atoms with Gasteiger partial charge in [-0.3, -0.25) is 9.59 Å². The number of hydrogen-bond acceptors (Lipinski definition) is 6. The second-order valence-corrected chi connectivity index (χ2v) is 7.50. The van der Waals surface area contributed by atoms with Gasteiger partial charge in [-0.1, -0.05) is 0 Å². The van der Waals surface area contributed by atoms with Gasteiger partial charge in [-0.25, -0.2) is 4.98 Å². The van der Waals surface area contributed by atoms with Crippen LogP contribution in [0.5, 0.6) is 23.0 Å². The Morgan fingerprint density at radius 1 is 0.900 bits per heavy atom. The molecule has 8 nitrogen and oxygen atoms in total. The van der Waals surface area contributed by atoms with Crippen LogP contribution in [0.15, 0.2) is 48.7 Å². The quantitative estimate of drug-likeness (QED) is 0.321. The van der Waals surface area contributed by atoms with Gasteiger partial charge in [-0.05, 0) is 36.4 Å². The molecule has 0 atom stereocenters. The molecule has 0 radical (unpaired) electrons. The van der Waals surface area contributed by atoms with E-state index >= 15 is 0 Å². The summed E-state index contributed by atoms with van der Waals surface area (Å²) >= 11 is 0. The van der Waals surface area contributed by atoms with Crippen LogP contribution in [0, 0.1) is 0 Å². The molecule has 2 aromatic carbocycles. The van der Waals surface area contributed by atoms with Gasteiger partial charge in [0.25, 0.3) is 11.8 Å². The molecule has 0 aliphatic rings. The Morgan fingerprint density at radius 3 is 2.12 bits per heavy atom. The highest BCUT2D eigenvalue weighted by Gasteiger charge is 2.42. The number of rotatable bonds is 7. The van der Waals surface area contributed by atoms with E-state index in [0.717, 1.165) is 18.3 Å². The number of alkyl halides is 9. The number of pyridine rings is 1. The Balaban J connectivity index is 2.22. The molecular weight excluding hydrogens is 569 g/mol. The largest absolute Gasteiger partial charge is 0.573 e. The number of nitrogens with zero attached hydrogens (tertiary/aromatic N) is 1. The van der Waals surface area contributed by atoms with E-state index in [2.05, 4.69) is 14.5 Å². The summed E-state index contributed by atoms with van der Waals surface area (Å²) < 4.78 is 156. The zero-order valence-corrected chi connectivity index (χ0v) is 19.1. The number of halogens is 9. The van der Waals surface area contributed by atoms with E-state index in [9.17, 15) is 49.1 Å². The highest BCUT2D eigenvalue weighted by Crippen LogP contribution is 2.44. The smallest absolute Gasteiger partial charge is 0.493 e. The number of ether oxygens (including phenoxy) is 3. The standard InChI is InChI=1S/C23H14F9N3O5/c1-38-16-8-12(40-23(30,31)32)3-5-15(16)39-17-7-10(21(24,25)26)6-13(22(27,28)29)18(17)20(37)35-11-2-4-14(19(33)36)34-9-11/h2-9H,1H3,(H2,33,36)(H,35,37)/i1D3. The molecule has 1 heterocycles. The minimum absolute atomic E-state index is 0.0299. The van der Waals surface area contributed by atoms with E-state index in [1.54, 1.807) is 0 Å². The van der Waals surface area contributed by atoms with Gasteiger partial charge in [-0.2, -0.15) is 26.3 Å². The third-order valence-corrected chi connectivity index (χ3v) is 4.71. The fourth-order valence-corrected chi connectivity index (χ4v) is 3.09. The lowest BCUT2D eigenvalue weighted by Crippen LogP contribution is -2.22. The first kappa shape index (κ1) is 25.6. The van der Waals surface area contributed by atoms with E-state index in [1.807, 2.05) is 5.32 Å². The maximum Gasteiger partial charge on any atom is 0.573 e. The van der Waals surface area contributed by atoms with E-state index < -0.39 is 83.3 Å². The minimum Gasteiger partial charge on any atom is -0.493 e. The van der Waals surface area contributed by atoms with Crippen molar-refractivity contribution in [2.75, 3.05) is 12.4 Å². The number of nitrogens with two attached hydrogens (primary N) is 1. The zero-order valence-electron chi connectivity index (χ0n) is 22.1. The third kappa shape index (κ3) is 7.23. The van der Waals surface area contributed by atoms with E-state index in [1.165, 1.54) is 0 Å². The average Bonchev–Trinajstić information content (AvgIpc) is 2.82. The fourth-order valence-electron chi connectivity index (χ4n) is 3.09. The molecule has 3 N–H and O–H groups in total. The highest BCUT2D eigenvalue weighted by atomic mass is 19.4. The predicted molar refractivity (Wildman–Crippen MR) is 117 cm³/mol. The molecule has 1 aromatic heterocycles. The number of primary amides is 1. The Hall–Kier alpha value is -4.70. The van der Waals surface area contributed by atoms with Crippen molar-refractivity contribution in [1.29, 1.82) is 0 Å². The summed E-state index contributed by atoms with van der Waals surface area (Å²) in [7, 11) is -3.41. The maximum atomic E-state index is 14.0. The summed E-state index contributed by atoms with van der Waals surface area (Å²) in [5.74, 6) is -7.42. The Kier molecular flexibility index (Phi) is 6.91. The first-order valence-corrected chi connectivity index (χ1v) is 10.2. The molecule has 0 aliphatic carbocycles. The van der Waals surface area contributed by atoms with Crippen LogP contribution in [0.4, 0.5) is 45.2 Å². The van der Waals surface area contributed by atoms with Gasteiger partial charge in [0, 0.05) is 6.07 Å². The minimum atomic E-state index is -5.62. The third-order valence-electron chi connectivity index (χ3n) is 4.71. The molecule has 0 spiro atoms. The molecule has 0 saturated carbocycles. The second kappa shape index (κ2) is 10.8. The normalized spacial score (nSPS) is 13.5. The summed E-state index contributed by atoms with van der Waals surface area (Å²) in [6.45, 7) is 0. The van der Waals surface area contributed by atoms with Crippen LogP contribution in [0.3, 0.4) is 0 Å². The molecule has 0 fully saturated rings. The van der Waals surface area contributed by atoms with Gasteiger partial charge < -0.3 is 25.3 Å². The van der Waals surface area contributed by atoms with Gasteiger partial charge in [0.05, 0.1) is 39.7 Å². The van der Waals surface area contributed by atoms with Gasteiger partial charge in [0.15, 0.2) is 11.5 Å². The van der Waals surface area contributed by atoms with Gasteiger partial charge in [0.2, 0.25) is 0 Å². The summed E-state index contributed by atoms with van der Waals surface area (Å²) in [6, 6.07) is 2.79. The number of hydrogen-bond donors (Lipinski definition) is 2. The van der Waals surface area contributed by atoms with Crippen molar-refractivity contribution in [3.05, 3.63) is 71.0 Å². The SMILES string of the molecule is [2H]C([2H])([2H])Oc1cc(OC(F)(F)F)ccc1Oc1cc(C(F)(F)F)cc(C(F)(F)F)c1C(=O)Nc1ccc(C(N)=O)nc1. The topological polar surface area (TPSA) is 113 Å². The number of amides is 2. The van der Waals surface area contributed by atoms with Crippen LogP contribution >= 0.6 is 0 Å². The van der Waals surface area contributed by atoms with E-state index in [4.69, 9.17) is 14.6 Å². The van der Waals surface area contributed by atoms with Gasteiger partial charge in [0.1, 0.15) is 17.2 Å². The number of carbonyl (C=O) groups is 2. The first-order chi connectivity index (χ1) is 19.5. The van der Waals surface area contributed by atoms with Crippen LogP contribution in [0.1, 0.15) is 36.1 Å². The molecule has 0 saturated heterocycles. The van der Waals surface area contributed by atoms with Crippen LogP contribution in [0.25, 0.3) is 0 Å². The number of benzene rings is 2. The monoisotopic (exact) mass is 586 g/mol. The molecule has 17 heteroatoms. The molecule has 40 heavy (non-hydrogen) atoms. The lowest BCUT2D eigenvalue weighted by Gasteiger charge is -2.21. The zero-order chi connectivity index (χ0) is 32.5. The molecule has 3 aromatic rings. The molecule has 0 unspecified atom stereocenters. The summed E-state index contributed by atoms with van der Waals surface area (Å²) in [6.07, 6.45) is -15.6. The summed E-state index contributed by atoms with van der Waals surface area (Å²) in [4.78, 5) is 27.8. The Morgan fingerprint density at radius 2 is 1.60 bits per heavy atom. The predicted octanol–water partition coefficient (Wildman–Crippen LogP) is 6.17. The molecular formula is C23H14F9N3O5. The fraction of sp³-hybridized carbons (Fsp3) is 0.174. The number of anilines is 1. The van der Waals surface area contributed by atoms with E-state index in [0.29, 0.717) is 18.2 Å². The lowest BCUT2D eigenvalue weighted by molar-refractivity contribution is -0.274. The van der Waals surface area contributed by atoms with Crippen molar-refractivity contribution in [3.63, 3.8) is 0 Å². The van der Waals surface area contributed by atoms with Crippen LogP contribution < -0.4 is 25.3 Å². The van der Waals surface area contributed by atoms with Gasteiger partial charge in [-0.15, -0.1) is 13.2 Å². The van der Waals surface area contributed by atoms with Crippen molar-refractivity contribution in [2.24, 2.45) is 5.73 Å². The highest BCUT2D eigenvalue weighted by molar-refractivity contribution is 6.07. The van der Waals surface area contributed by atoms with Gasteiger partial charge >= 0.3 is 18.7 Å². The Labute approximate surface area is 221 Å². The maximum absolute atomic E-state index is 14.0. The second-order valence-electron chi connectivity index (χ2n) is 7.50. The van der Waals surface area contributed by atoms with Crippen molar-refractivity contribution in [2.45, 2.75) is 18.7 Å². The summed E-state index contributed by atoms with van der Waals surface area (Å²) in [5.41, 5.74) is -1.32. The van der Waals surface area contributed by atoms with Crippen LogP contribution in [-0.2, 0) is 12.4 Å². The van der Waals surface area contributed by atoms with Crippen molar-refractivity contribution in [1.82, 2.24) is 4.98 Å². The van der Waals surface area contributed by atoms with E-state index in [-0.39, 0.29) is 17.4 Å². The molecule has 0 bridgehead atoms. The van der Waals surface area contributed by atoms with Crippen molar-refractivity contribution >= 4 is 17.5 Å². The number of aromatic nitrogens is 1. The Bertz CT molecular complexity index is 1520. The first-order valence-electron chi connectivity index (χ1n) is 11.7. The number of nitrogens with one attached hydrogen (secondary N) is 1. The summed E-state index contributed by atoms with van der Waals surface area (Å²) in [5, 5.41) is 1.93. The average molecular weight is 586 g/mol. The number of methoxy groups -OCH3 is 1. The van der Waals surface area contributed by atoms with Crippen molar-refractivity contribution < 1.29 is 67.4 Å². The van der Waals surface area contributed by atoms with Crippen LogP contribution in [-0.4, -0.2) is 30.2 Å². The molecule has 3 rings (SSSR count). The molecule has 2 amide bonds. The lowest BCUT2D eigenvalue weighted by atomic mass is 10.0. The number of carbonyl (C=O) groups excluding carboxylic acids is 2. The molecule has 214 valence electrons.